The summed E-state index contributed by atoms with van der Waals surface area (Å²) in [7, 11) is 0. The highest BCUT2D eigenvalue weighted by Crippen LogP contribution is 2.19. The summed E-state index contributed by atoms with van der Waals surface area (Å²) < 4.78 is 0. The number of aromatic amines is 1. The molecule has 4 N–H and O–H groups in total. The van der Waals surface area contributed by atoms with Gasteiger partial charge in [0.25, 0.3) is 5.91 Å². The topological polar surface area (TPSA) is 88.0 Å². The Balaban J connectivity index is 1.82. The van der Waals surface area contributed by atoms with E-state index in [-0.39, 0.29) is 5.91 Å². The van der Waals surface area contributed by atoms with E-state index in [0.717, 1.165) is 22.0 Å². The number of H-pyrrole nitrogens is 1. The van der Waals surface area contributed by atoms with Crippen molar-refractivity contribution < 1.29 is 9.59 Å². The van der Waals surface area contributed by atoms with E-state index in [0.29, 0.717) is 12.0 Å². The zero-order valence-corrected chi connectivity index (χ0v) is 13.4. The Labute approximate surface area is 139 Å². The minimum absolute atomic E-state index is 0.313. The molecule has 0 aliphatic heterocycles. The number of hydrogen-bond donors (Lipinski definition) is 3. The fraction of sp³-hybridized carbons (Fsp3) is 0.158. The van der Waals surface area contributed by atoms with Gasteiger partial charge in [-0.15, -0.1) is 0 Å². The number of amides is 2. The summed E-state index contributed by atoms with van der Waals surface area (Å²) in [6.07, 6.45) is 2.02. The van der Waals surface area contributed by atoms with Crippen molar-refractivity contribution >= 4 is 22.7 Å². The number of carbonyl (C=O) groups is 2. The average molecular weight is 321 g/mol. The molecule has 1 heterocycles. The number of aryl methyl sites for hydroxylation is 1. The number of nitrogens with two attached hydrogens (primary N) is 1. The van der Waals surface area contributed by atoms with Gasteiger partial charge in [-0.2, -0.15) is 0 Å². The number of aromatic nitrogens is 1. The molecule has 0 aliphatic carbocycles. The number of carbonyl (C=O) groups excluding carboxylic acids is 2. The van der Waals surface area contributed by atoms with E-state index in [9.17, 15) is 9.59 Å². The molecule has 5 heteroatoms. The lowest BCUT2D eigenvalue weighted by Crippen LogP contribution is -2.45. The van der Waals surface area contributed by atoms with Gasteiger partial charge in [0.15, 0.2) is 0 Å². The van der Waals surface area contributed by atoms with Crippen LogP contribution in [0.2, 0.25) is 0 Å². The predicted octanol–water partition coefficient (Wildman–Crippen LogP) is 2.30. The van der Waals surface area contributed by atoms with Crippen LogP contribution in [-0.4, -0.2) is 22.8 Å². The van der Waals surface area contributed by atoms with E-state index < -0.39 is 11.9 Å². The van der Waals surface area contributed by atoms with Gasteiger partial charge in [0.1, 0.15) is 6.04 Å². The molecule has 1 aromatic heterocycles. The van der Waals surface area contributed by atoms with Crippen LogP contribution in [0.5, 0.6) is 0 Å². The Morgan fingerprint density at radius 2 is 1.92 bits per heavy atom. The lowest BCUT2D eigenvalue weighted by Gasteiger charge is -2.15. The Morgan fingerprint density at radius 1 is 1.17 bits per heavy atom. The lowest BCUT2D eigenvalue weighted by atomic mass is 10.0. The average Bonchev–Trinajstić information content (AvgIpc) is 2.98. The minimum atomic E-state index is -0.755. The number of benzene rings is 2. The molecular weight excluding hydrogens is 302 g/mol. The molecule has 0 aliphatic rings. The molecule has 0 saturated heterocycles. The van der Waals surface area contributed by atoms with Crippen molar-refractivity contribution in [1.82, 2.24) is 10.3 Å². The van der Waals surface area contributed by atoms with Crippen LogP contribution < -0.4 is 11.1 Å². The number of hydrogen-bond acceptors (Lipinski definition) is 2. The highest BCUT2D eigenvalue weighted by molar-refractivity contribution is 6.08. The lowest BCUT2D eigenvalue weighted by molar-refractivity contribution is -0.119. The third kappa shape index (κ3) is 3.30. The van der Waals surface area contributed by atoms with Crippen LogP contribution >= 0.6 is 0 Å². The standard InChI is InChI=1S/C19H19N3O2/c1-12-7-8-16-14(9-12)15(11-21-16)19(24)22-17(18(20)23)10-13-5-3-2-4-6-13/h2-9,11,17,21H,10H2,1H3,(H2,20,23)(H,22,24)/t17-/m0/s1. The number of fused-ring (bicyclic) bond motifs is 1. The van der Waals surface area contributed by atoms with Gasteiger partial charge in [0.05, 0.1) is 5.56 Å². The molecule has 1 atom stereocenters. The zero-order chi connectivity index (χ0) is 17.1. The molecule has 0 spiro atoms. The molecule has 3 aromatic rings. The molecule has 0 unspecified atom stereocenters. The SMILES string of the molecule is Cc1ccc2[nH]cc(C(=O)N[C@@H](Cc3ccccc3)C(N)=O)c2c1. The van der Waals surface area contributed by atoms with E-state index in [4.69, 9.17) is 5.73 Å². The molecule has 2 amide bonds. The first-order valence-electron chi connectivity index (χ1n) is 7.76. The first-order chi connectivity index (χ1) is 11.5. The molecule has 2 aromatic carbocycles. The molecule has 5 nitrogen and oxygen atoms in total. The summed E-state index contributed by atoms with van der Waals surface area (Å²) in [6, 6.07) is 14.6. The van der Waals surface area contributed by atoms with Crippen molar-refractivity contribution in [2.75, 3.05) is 0 Å². The van der Waals surface area contributed by atoms with E-state index in [1.807, 2.05) is 55.5 Å². The fourth-order valence-corrected chi connectivity index (χ4v) is 2.73. The zero-order valence-electron chi connectivity index (χ0n) is 13.4. The maximum Gasteiger partial charge on any atom is 0.254 e. The summed E-state index contributed by atoms with van der Waals surface area (Å²) in [5, 5.41) is 3.57. The monoisotopic (exact) mass is 321 g/mol. The smallest absolute Gasteiger partial charge is 0.254 e. The molecule has 0 saturated carbocycles. The molecule has 122 valence electrons. The highest BCUT2D eigenvalue weighted by atomic mass is 16.2. The number of primary amides is 1. The van der Waals surface area contributed by atoms with Crippen LogP contribution in [-0.2, 0) is 11.2 Å². The van der Waals surface area contributed by atoms with Crippen LogP contribution in [0, 0.1) is 6.92 Å². The number of rotatable bonds is 5. The van der Waals surface area contributed by atoms with E-state index in [1.54, 1.807) is 6.20 Å². The first kappa shape index (κ1) is 15.8. The summed E-state index contributed by atoms with van der Waals surface area (Å²) in [6.45, 7) is 1.97. The fourth-order valence-electron chi connectivity index (χ4n) is 2.73. The van der Waals surface area contributed by atoms with Crippen molar-refractivity contribution in [3.63, 3.8) is 0 Å². The normalized spacial score (nSPS) is 12.0. The Kier molecular flexibility index (Phi) is 4.33. The van der Waals surface area contributed by atoms with Crippen molar-refractivity contribution in [2.45, 2.75) is 19.4 Å². The summed E-state index contributed by atoms with van der Waals surface area (Å²) >= 11 is 0. The molecule has 0 radical (unpaired) electrons. The van der Waals surface area contributed by atoms with Gasteiger partial charge in [-0.3, -0.25) is 9.59 Å². The second-order valence-electron chi connectivity index (χ2n) is 5.87. The third-order valence-electron chi connectivity index (χ3n) is 4.01. The van der Waals surface area contributed by atoms with Crippen LogP contribution in [0.15, 0.2) is 54.7 Å². The molecule has 0 bridgehead atoms. The largest absolute Gasteiger partial charge is 0.368 e. The Bertz CT molecular complexity index is 884. The van der Waals surface area contributed by atoms with Crippen LogP contribution in [0.4, 0.5) is 0 Å². The quantitative estimate of drug-likeness (QED) is 0.673. The van der Waals surface area contributed by atoms with Crippen LogP contribution in [0.3, 0.4) is 0 Å². The first-order valence-corrected chi connectivity index (χ1v) is 7.76. The van der Waals surface area contributed by atoms with Crippen LogP contribution in [0.25, 0.3) is 10.9 Å². The minimum Gasteiger partial charge on any atom is -0.368 e. The summed E-state index contributed by atoms with van der Waals surface area (Å²) in [5.41, 5.74) is 8.85. The van der Waals surface area contributed by atoms with Crippen molar-refractivity contribution in [3.8, 4) is 0 Å². The van der Waals surface area contributed by atoms with Crippen molar-refractivity contribution in [3.05, 3.63) is 71.4 Å². The van der Waals surface area contributed by atoms with E-state index >= 15 is 0 Å². The maximum atomic E-state index is 12.6. The van der Waals surface area contributed by atoms with Crippen molar-refractivity contribution in [2.24, 2.45) is 5.73 Å². The van der Waals surface area contributed by atoms with E-state index in [2.05, 4.69) is 10.3 Å². The van der Waals surface area contributed by atoms with Gasteiger partial charge in [-0.1, -0.05) is 42.0 Å². The predicted molar refractivity (Wildman–Crippen MR) is 93.6 cm³/mol. The highest BCUT2D eigenvalue weighted by Gasteiger charge is 2.21. The second-order valence-corrected chi connectivity index (χ2v) is 5.87. The van der Waals surface area contributed by atoms with Crippen molar-refractivity contribution in [1.29, 1.82) is 0 Å². The van der Waals surface area contributed by atoms with Gasteiger partial charge in [0.2, 0.25) is 5.91 Å². The maximum absolute atomic E-state index is 12.6. The third-order valence-corrected chi connectivity index (χ3v) is 4.01. The van der Waals surface area contributed by atoms with Gasteiger partial charge >= 0.3 is 0 Å². The summed E-state index contributed by atoms with van der Waals surface area (Å²) in [5.74, 6) is -0.866. The van der Waals surface area contributed by atoms with Gasteiger partial charge < -0.3 is 16.0 Å². The molecule has 3 rings (SSSR count). The Hall–Kier alpha value is -3.08. The second kappa shape index (κ2) is 6.58. The summed E-state index contributed by atoms with van der Waals surface area (Å²) in [4.78, 5) is 27.4. The number of nitrogens with one attached hydrogen (secondary N) is 2. The Morgan fingerprint density at radius 3 is 2.62 bits per heavy atom. The van der Waals surface area contributed by atoms with Gasteiger partial charge in [-0.25, -0.2) is 0 Å². The van der Waals surface area contributed by atoms with Crippen LogP contribution in [0.1, 0.15) is 21.5 Å². The molecule has 24 heavy (non-hydrogen) atoms. The van der Waals surface area contributed by atoms with Gasteiger partial charge in [0, 0.05) is 23.5 Å². The van der Waals surface area contributed by atoms with Gasteiger partial charge in [-0.05, 0) is 24.6 Å². The molecule has 0 fully saturated rings. The molecular formula is C19H19N3O2. The van der Waals surface area contributed by atoms with E-state index in [1.165, 1.54) is 0 Å².